The molecule has 0 amide bonds. The number of oxime groups is 1. The molecule has 0 aliphatic rings. The Bertz CT molecular complexity index is 494. The number of hydrogen-bond donors (Lipinski definition) is 0. The molecule has 92 valence electrons. The van der Waals surface area contributed by atoms with E-state index in [1.54, 1.807) is 12.4 Å². The molecule has 0 aliphatic carbocycles. The first-order chi connectivity index (χ1) is 8.90. The fraction of sp³-hybridized carbons (Fsp3) is 0.200. The SMILES string of the molecule is CC/C(=N\OCc1ccccc1)c1cccnc1. The van der Waals surface area contributed by atoms with E-state index in [1.807, 2.05) is 42.5 Å². The molecule has 2 aromatic rings. The van der Waals surface area contributed by atoms with Crippen molar-refractivity contribution in [2.24, 2.45) is 5.16 Å². The van der Waals surface area contributed by atoms with Crippen LogP contribution in [0.25, 0.3) is 0 Å². The van der Waals surface area contributed by atoms with Crippen molar-refractivity contribution in [2.45, 2.75) is 20.0 Å². The van der Waals surface area contributed by atoms with Crippen molar-refractivity contribution in [3.63, 3.8) is 0 Å². The number of hydrogen-bond acceptors (Lipinski definition) is 3. The third kappa shape index (κ3) is 3.42. The van der Waals surface area contributed by atoms with Crippen LogP contribution in [-0.2, 0) is 11.4 Å². The van der Waals surface area contributed by atoms with Gasteiger partial charge in [-0.05, 0) is 24.1 Å². The maximum atomic E-state index is 5.39. The van der Waals surface area contributed by atoms with Crippen molar-refractivity contribution in [1.29, 1.82) is 0 Å². The average Bonchev–Trinajstić information content (AvgIpc) is 2.46. The molecule has 1 heterocycles. The molecule has 0 bridgehead atoms. The van der Waals surface area contributed by atoms with E-state index in [1.165, 1.54) is 0 Å². The maximum Gasteiger partial charge on any atom is 0.142 e. The molecule has 0 spiro atoms. The van der Waals surface area contributed by atoms with Crippen molar-refractivity contribution in [1.82, 2.24) is 4.98 Å². The first kappa shape index (κ1) is 12.3. The molecule has 0 fully saturated rings. The lowest BCUT2D eigenvalue weighted by molar-refractivity contribution is 0.130. The number of nitrogens with zero attached hydrogens (tertiary/aromatic N) is 2. The summed E-state index contributed by atoms with van der Waals surface area (Å²) in [6, 6.07) is 13.9. The highest BCUT2D eigenvalue weighted by molar-refractivity contribution is 5.99. The molecule has 3 heteroatoms. The maximum absolute atomic E-state index is 5.39. The van der Waals surface area contributed by atoms with Crippen LogP contribution in [-0.4, -0.2) is 10.7 Å². The minimum Gasteiger partial charge on any atom is -0.391 e. The standard InChI is InChI=1S/C15H16N2O/c1-2-15(14-9-6-10-16-11-14)17-18-12-13-7-4-3-5-8-13/h3-11H,2,12H2,1H3/b17-15+. The smallest absolute Gasteiger partial charge is 0.142 e. The number of rotatable bonds is 5. The Kier molecular flexibility index (Phi) is 4.47. The Morgan fingerprint density at radius 2 is 2.00 bits per heavy atom. The zero-order valence-corrected chi connectivity index (χ0v) is 10.4. The largest absolute Gasteiger partial charge is 0.391 e. The highest BCUT2D eigenvalue weighted by Gasteiger charge is 2.01. The summed E-state index contributed by atoms with van der Waals surface area (Å²) < 4.78 is 0. The summed E-state index contributed by atoms with van der Waals surface area (Å²) in [5.41, 5.74) is 3.04. The number of pyridine rings is 1. The second kappa shape index (κ2) is 6.55. The Labute approximate surface area is 107 Å². The van der Waals surface area contributed by atoms with Crippen LogP contribution in [0.1, 0.15) is 24.5 Å². The van der Waals surface area contributed by atoms with E-state index >= 15 is 0 Å². The van der Waals surface area contributed by atoms with E-state index in [0.29, 0.717) is 6.61 Å². The van der Waals surface area contributed by atoms with E-state index in [0.717, 1.165) is 23.3 Å². The van der Waals surface area contributed by atoms with Crippen molar-refractivity contribution in [3.8, 4) is 0 Å². The van der Waals surface area contributed by atoms with E-state index in [-0.39, 0.29) is 0 Å². The van der Waals surface area contributed by atoms with Gasteiger partial charge in [0.15, 0.2) is 0 Å². The number of aromatic nitrogens is 1. The molecule has 2 rings (SSSR count). The quantitative estimate of drug-likeness (QED) is 0.593. The van der Waals surface area contributed by atoms with Crippen LogP contribution in [0.15, 0.2) is 60.0 Å². The molecule has 0 unspecified atom stereocenters. The molecule has 18 heavy (non-hydrogen) atoms. The molecule has 0 saturated heterocycles. The fourth-order valence-electron chi connectivity index (χ4n) is 1.61. The zero-order chi connectivity index (χ0) is 12.6. The number of benzene rings is 1. The van der Waals surface area contributed by atoms with Gasteiger partial charge in [0.05, 0.1) is 5.71 Å². The molecule has 0 aliphatic heterocycles. The summed E-state index contributed by atoms with van der Waals surface area (Å²) in [6.45, 7) is 2.54. The Balaban J connectivity index is 1.99. The van der Waals surface area contributed by atoms with Crippen molar-refractivity contribution >= 4 is 5.71 Å². The summed E-state index contributed by atoms with van der Waals surface area (Å²) in [6.07, 6.45) is 4.37. The second-order valence-electron chi connectivity index (χ2n) is 3.89. The summed E-state index contributed by atoms with van der Waals surface area (Å²) in [4.78, 5) is 9.47. The molecule has 0 radical (unpaired) electrons. The van der Waals surface area contributed by atoms with Crippen LogP contribution >= 0.6 is 0 Å². The monoisotopic (exact) mass is 240 g/mol. The van der Waals surface area contributed by atoms with Crippen molar-refractivity contribution in [3.05, 3.63) is 66.0 Å². The average molecular weight is 240 g/mol. The molecule has 3 nitrogen and oxygen atoms in total. The molecular weight excluding hydrogens is 224 g/mol. The van der Waals surface area contributed by atoms with Crippen LogP contribution in [0.4, 0.5) is 0 Å². The first-order valence-electron chi connectivity index (χ1n) is 6.03. The normalized spacial score (nSPS) is 11.3. The van der Waals surface area contributed by atoms with Crippen LogP contribution in [0, 0.1) is 0 Å². The van der Waals surface area contributed by atoms with E-state index in [2.05, 4.69) is 17.1 Å². The summed E-state index contributed by atoms with van der Waals surface area (Å²) in [5.74, 6) is 0. The molecule has 0 saturated carbocycles. The Hall–Kier alpha value is -2.16. The van der Waals surface area contributed by atoms with Gasteiger partial charge in [0.1, 0.15) is 6.61 Å². The molecule has 1 aromatic carbocycles. The van der Waals surface area contributed by atoms with Gasteiger partial charge in [0, 0.05) is 18.0 Å². The Morgan fingerprint density at radius 1 is 1.17 bits per heavy atom. The van der Waals surface area contributed by atoms with Gasteiger partial charge in [-0.1, -0.05) is 42.4 Å². The third-order valence-corrected chi connectivity index (χ3v) is 2.58. The van der Waals surface area contributed by atoms with Gasteiger partial charge in [-0.2, -0.15) is 0 Å². The van der Waals surface area contributed by atoms with Gasteiger partial charge in [0.25, 0.3) is 0 Å². The van der Waals surface area contributed by atoms with Gasteiger partial charge in [0.2, 0.25) is 0 Å². The summed E-state index contributed by atoms with van der Waals surface area (Å²) in [5, 5.41) is 4.18. The highest BCUT2D eigenvalue weighted by atomic mass is 16.6. The van der Waals surface area contributed by atoms with Gasteiger partial charge in [-0.3, -0.25) is 4.98 Å². The van der Waals surface area contributed by atoms with Crippen molar-refractivity contribution in [2.75, 3.05) is 0 Å². The molecular formula is C15H16N2O. The lowest BCUT2D eigenvalue weighted by Crippen LogP contribution is -2.01. The van der Waals surface area contributed by atoms with Crippen LogP contribution in [0.2, 0.25) is 0 Å². The van der Waals surface area contributed by atoms with Gasteiger partial charge < -0.3 is 4.84 Å². The zero-order valence-electron chi connectivity index (χ0n) is 10.4. The van der Waals surface area contributed by atoms with Gasteiger partial charge in [-0.15, -0.1) is 0 Å². The topological polar surface area (TPSA) is 34.5 Å². The minimum atomic E-state index is 0.491. The van der Waals surface area contributed by atoms with E-state index in [9.17, 15) is 0 Å². The fourth-order valence-corrected chi connectivity index (χ4v) is 1.61. The predicted octanol–water partition coefficient (Wildman–Crippen LogP) is 3.41. The minimum absolute atomic E-state index is 0.491. The van der Waals surface area contributed by atoms with Gasteiger partial charge >= 0.3 is 0 Å². The lowest BCUT2D eigenvalue weighted by Gasteiger charge is -2.04. The third-order valence-electron chi connectivity index (χ3n) is 2.58. The highest BCUT2D eigenvalue weighted by Crippen LogP contribution is 2.05. The Morgan fingerprint density at radius 3 is 2.67 bits per heavy atom. The molecule has 0 atom stereocenters. The van der Waals surface area contributed by atoms with E-state index < -0.39 is 0 Å². The predicted molar refractivity (Wildman–Crippen MR) is 72.3 cm³/mol. The van der Waals surface area contributed by atoms with Crippen LogP contribution in [0.3, 0.4) is 0 Å². The first-order valence-corrected chi connectivity index (χ1v) is 6.03. The van der Waals surface area contributed by atoms with Crippen molar-refractivity contribution < 1.29 is 4.84 Å². The molecule has 1 aromatic heterocycles. The summed E-state index contributed by atoms with van der Waals surface area (Å²) >= 11 is 0. The van der Waals surface area contributed by atoms with Crippen LogP contribution < -0.4 is 0 Å². The lowest BCUT2D eigenvalue weighted by atomic mass is 10.1. The van der Waals surface area contributed by atoms with Crippen LogP contribution in [0.5, 0.6) is 0 Å². The molecule has 0 N–H and O–H groups in total. The summed E-state index contributed by atoms with van der Waals surface area (Å²) in [7, 11) is 0. The second-order valence-corrected chi connectivity index (χ2v) is 3.89. The van der Waals surface area contributed by atoms with Gasteiger partial charge in [-0.25, -0.2) is 0 Å². The van der Waals surface area contributed by atoms with E-state index in [4.69, 9.17) is 4.84 Å².